The number of ether oxygens (including phenoxy) is 2. The third kappa shape index (κ3) is 2.93. The predicted octanol–water partition coefficient (Wildman–Crippen LogP) is 2.91. The molecule has 1 aliphatic rings. The molecule has 0 saturated heterocycles. The molecular formula is C14H19FO3. The SMILES string of the molecule is COc1cccc(F)c1OCC1(O)CCCCC1. The zero-order valence-electron chi connectivity index (χ0n) is 10.6. The summed E-state index contributed by atoms with van der Waals surface area (Å²) in [6, 6.07) is 4.53. The summed E-state index contributed by atoms with van der Waals surface area (Å²) < 4.78 is 24.1. The van der Waals surface area contributed by atoms with Crippen LogP contribution in [0, 0.1) is 5.82 Å². The Kier molecular flexibility index (Phi) is 4.07. The van der Waals surface area contributed by atoms with Crippen molar-refractivity contribution in [3.63, 3.8) is 0 Å². The van der Waals surface area contributed by atoms with E-state index in [1.165, 1.54) is 13.2 Å². The number of hydrogen-bond acceptors (Lipinski definition) is 3. The molecule has 0 aliphatic heterocycles. The van der Waals surface area contributed by atoms with E-state index in [1.54, 1.807) is 12.1 Å². The second-order valence-corrected chi connectivity index (χ2v) is 4.84. The Balaban J connectivity index is 2.05. The average Bonchev–Trinajstić information content (AvgIpc) is 2.38. The van der Waals surface area contributed by atoms with Gasteiger partial charge in [-0.1, -0.05) is 25.3 Å². The fraction of sp³-hybridized carbons (Fsp3) is 0.571. The number of aliphatic hydroxyl groups is 1. The van der Waals surface area contributed by atoms with Crippen molar-refractivity contribution in [3.8, 4) is 11.5 Å². The lowest BCUT2D eigenvalue weighted by atomic mass is 9.85. The molecule has 4 heteroatoms. The molecule has 0 aromatic heterocycles. The summed E-state index contributed by atoms with van der Waals surface area (Å²) in [7, 11) is 1.47. The smallest absolute Gasteiger partial charge is 0.197 e. The van der Waals surface area contributed by atoms with Crippen molar-refractivity contribution in [1.29, 1.82) is 0 Å². The quantitative estimate of drug-likeness (QED) is 0.898. The highest BCUT2D eigenvalue weighted by molar-refractivity contribution is 5.40. The molecule has 1 N–H and O–H groups in total. The van der Waals surface area contributed by atoms with Gasteiger partial charge in [-0.3, -0.25) is 0 Å². The van der Waals surface area contributed by atoms with Gasteiger partial charge in [0.15, 0.2) is 17.3 Å². The lowest BCUT2D eigenvalue weighted by Crippen LogP contribution is -2.38. The van der Waals surface area contributed by atoms with Crippen LogP contribution in [-0.2, 0) is 0 Å². The Morgan fingerprint density at radius 2 is 2.00 bits per heavy atom. The zero-order chi connectivity index (χ0) is 13.0. The summed E-state index contributed by atoms with van der Waals surface area (Å²) in [5.74, 6) is -0.0258. The summed E-state index contributed by atoms with van der Waals surface area (Å²) in [6.45, 7) is 0.115. The maximum absolute atomic E-state index is 13.6. The highest BCUT2D eigenvalue weighted by Gasteiger charge is 2.30. The minimum absolute atomic E-state index is 0.0824. The molecule has 0 bridgehead atoms. The lowest BCUT2D eigenvalue weighted by molar-refractivity contribution is -0.0352. The second kappa shape index (κ2) is 5.57. The van der Waals surface area contributed by atoms with Gasteiger partial charge in [0.2, 0.25) is 0 Å². The fourth-order valence-electron chi connectivity index (χ4n) is 2.35. The molecule has 1 aromatic rings. The summed E-state index contributed by atoms with van der Waals surface area (Å²) in [5, 5.41) is 10.3. The van der Waals surface area contributed by atoms with Gasteiger partial charge in [-0.05, 0) is 25.0 Å². The zero-order valence-corrected chi connectivity index (χ0v) is 10.6. The van der Waals surface area contributed by atoms with Crippen LogP contribution in [-0.4, -0.2) is 24.4 Å². The molecule has 0 radical (unpaired) electrons. The molecule has 3 nitrogen and oxygen atoms in total. The van der Waals surface area contributed by atoms with Gasteiger partial charge in [-0.25, -0.2) is 4.39 Å². The van der Waals surface area contributed by atoms with Crippen LogP contribution in [0.25, 0.3) is 0 Å². The number of methoxy groups -OCH3 is 1. The number of hydrogen-bond donors (Lipinski definition) is 1. The van der Waals surface area contributed by atoms with E-state index in [2.05, 4.69) is 0 Å². The summed E-state index contributed by atoms with van der Waals surface area (Å²) in [5.41, 5.74) is -0.828. The van der Waals surface area contributed by atoms with E-state index in [0.29, 0.717) is 18.6 Å². The highest BCUT2D eigenvalue weighted by Crippen LogP contribution is 2.33. The van der Waals surface area contributed by atoms with E-state index < -0.39 is 11.4 Å². The predicted molar refractivity (Wildman–Crippen MR) is 66.5 cm³/mol. The molecule has 1 fully saturated rings. The Morgan fingerprint density at radius 1 is 1.28 bits per heavy atom. The molecule has 0 heterocycles. The van der Waals surface area contributed by atoms with Gasteiger partial charge in [-0.15, -0.1) is 0 Å². The summed E-state index contributed by atoms with van der Waals surface area (Å²) in [6.07, 6.45) is 4.56. The van der Waals surface area contributed by atoms with Gasteiger partial charge in [-0.2, -0.15) is 0 Å². The monoisotopic (exact) mass is 254 g/mol. The molecule has 0 unspecified atom stereocenters. The maximum Gasteiger partial charge on any atom is 0.197 e. The molecule has 0 amide bonds. The second-order valence-electron chi connectivity index (χ2n) is 4.84. The van der Waals surface area contributed by atoms with Crippen molar-refractivity contribution in [3.05, 3.63) is 24.0 Å². The number of rotatable bonds is 4. The Hall–Kier alpha value is -1.29. The molecule has 0 spiro atoms. The first-order valence-electron chi connectivity index (χ1n) is 6.32. The molecule has 2 rings (SSSR count). The van der Waals surface area contributed by atoms with Crippen LogP contribution in [0.4, 0.5) is 4.39 Å². The molecule has 0 atom stereocenters. The Bertz CT molecular complexity index is 400. The van der Waals surface area contributed by atoms with Crippen molar-refractivity contribution < 1.29 is 19.0 Å². The number of benzene rings is 1. The van der Waals surface area contributed by atoms with Crippen LogP contribution in [0.1, 0.15) is 32.1 Å². The molecule has 18 heavy (non-hydrogen) atoms. The molecule has 1 saturated carbocycles. The van der Waals surface area contributed by atoms with E-state index in [-0.39, 0.29) is 12.4 Å². The number of para-hydroxylation sites is 1. The van der Waals surface area contributed by atoms with Crippen LogP contribution in [0.5, 0.6) is 11.5 Å². The van der Waals surface area contributed by atoms with Crippen molar-refractivity contribution in [2.24, 2.45) is 0 Å². The van der Waals surface area contributed by atoms with Gasteiger partial charge in [0.05, 0.1) is 12.7 Å². The number of halogens is 1. The van der Waals surface area contributed by atoms with E-state index in [4.69, 9.17) is 9.47 Å². The normalized spacial score (nSPS) is 18.4. The largest absolute Gasteiger partial charge is 0.493 e. The van der Waals surface area contributed by atoms with Crippen LogP contribution in [0.3, 0.4) is 0 Å². The van der Waals surface area contributed by atoms with Gasteiger partial charge in [0.25, 0.3) is 0 Å². The first-order valence-corrected chi connectivity index (χ1v) is 6.32. The van der Waals surface area contributed by atoms with Crippen LogP contribution in [0.15, 0.2) is 18.2 Å². The molecular weight excluding hydrogens is 235 g/mol. The summed E-state index contributed by atoms with van der Waals surface area (Å²) in [4.78, 5) is 0. The first kappa shape index (κ1) is 13.1. The fourth-order valence-corrected chi connectivity index (χ4v) is 2.35. The van der Waals surface area contributed by atoms with E-state index in [1.807, 2.05) is 0 Å². The van der Waals surface area contributed by atoms with Crippen molar-refractivity contribution in [2.45, 2.75) is 37.7 Å². The van der Waals surface area contributed by atoms with Crippen molar-refractivity contribution >= 4 is 0 Å². The van der Waals surface area contributed by atoms with Crippen molar-refractivity contribution in [1.82, 2.24) is 0 Å². The minimum atomic E-state index is -0.828. The highest BCUT2D eigenvalue weighted by atomic mass is 19.1. The van der Waals surface area contributed by atoms with Gasteiger partial charge >= 0.3 is 0 Å². The standard InChI is InChI=1S/C14H19FO3/c1-17-12-7-5-6-11(15)13(12)18-10-14(16)8-3-2-4-9-14/h5-7,16H,2-4,8-10H2,1H3. The van der Waals surface area contributed by atoms with E-state index in [0.717, 1.165) is 19.3 Å². The average molecular weight is 254 g/mol. The molecule has 100 valence electrons. The van der Waals surface area contributed by atoms with Crippen molar-refractivity contribution in [2.75, 3.05) is 13.7 Å². The van der Waals surface area contributed by atoms with Crippen LogP contribution >= 0.6 is 0 Å². The topological polar surface area (TPSA) is 38.7 Å². The lowest BCUT2D eigenvalue weighted by Gasteiger charge is -2.31. The van der Waals surface area contributed by atoms with Crippen LogP contribution in [0.2, 0.25) is 0 Å². The van der Waals surface area contributed by atoms with Gasteiger partial charge in [0.1, 0.15) is 6.61 Å². The maximum atomic E-state index is 13.6. The van der Waals surface area contributed by atoms with E-state index >= 15 is 0 Å². The van der Waals surface area contributed by atoms with Gasteiger partial charge in [0, 0.05) is 0 Å². The third-order valence-electron chi connectivity index (χ3n) is 3.42. The minimum Gasteiger partial charge on any atom is -0.493 e. The Labute approximate surface area is 107 Å². The van der Waals surface area contributed by atoms with Gasteiger partial charge < -0.3 is 14.6 Å². The Morgan fingerprint density at radius 3 is 2.67 bits per heavy atom. The first-order chi connectivity index (χ1) is 8.64. The molecule has 1 aromatic carbocycles. The van der Waals surface area contributed by atoms with E-state index in [9.17, 15) is 9.50 Å². The third-order valence-corrected chi connectivity index (χ3v) is 3.42. The summed E-state index contributed by atoms with van der Waals surface area (Å²) >= 11 is 0. The molecule has 1 aliphatic carbocycles. The van der Waals surface area contributed by atoms with Crippen LogP contribution < -0.4 is 9.47 Å².